The Morgan fingerprint density at radius 2 is 1.61 bits per heavy atom. The maximum absolute atomic E-state index is 12.1. The van der Waals surface area contributed by atoms with Crippen molar-refractivity contribution >= 4 is 6.03 Å². The van der Waals surface area contributed by atoms with Gasteiger partial charge >= 0.3 is 6.03 Å². The van der Waals surface area contributed by atoms with Crippen LogP contribution in [0.25, 0.3) is 0 Å². The van der Waals surface area contributed by atoms with Gasteiger partial charge in [0.05, 0.1) is 0 Å². The number of halogens is 2. The van der Waals surface area contributed by atoms with Gasteiger partial charge in [0.15, 0.2) is 0 Å². The molecule has 2 rings (SSSR count). The minimum absolute atomic E-state index is 0.284. The first-order chi connectivity index (χ1) is 11.1. The minimum Gasteiger partial charge on any atom is -0.488 e. The Hall–Kier alpha value is -2.63. The summed E-state index contributed by atoms with van der Waals surface area (Å²) < 4.78 is 29.2. The largest absolute Gasteiger partial charge is 0.488 e. The second kappa shape index (κ2) is 8.73. The molecule has 0 aliphatic rings. The van der Waals surface area contributed by atoms with E-state index in [4.69, 9.17) is 4.74 Å². The van der Waals surface area contributed by atoms with E-state index in [0.29, 0.717) is 12.3 Å². The molecule has 122 valence electrons. The highest BCUT2D eigenvalue weighted by molar-refractivity contribution is 5.73. The van der Waals surface area contributed by atoms with E-state index in [9.17, 15) is 13.6 Å². The van der Waals surface area contributed by atoms with Crippen molar-refractivity contribution in [2.24, 2.45) is 0 Å². The topological polar surface area (TPSA) is 50.4 Å². The van der Waals surface area contributed by atoms with E-state index in [-0.39, 0.29) is 12.6 Å². The number of nitrogens with one attached hydrogen (secondary N) is 2. The summed E-state index contributed by atoms with van der Waals surface area (Å²) in [5.74, 6) is 0.356. The molecule has 0 aromatic heterocycles. The predicted octanol–water partition coefficient (Wildman–Crippen LogP) is 3.33. The van der Waals surface area contributed by atoms with Crippen LogP contribution in [-0.4, -0.2) is 19.1 Å². The van der Waals surface area contributed by atoms with Gasteiger partial charge in [-0.1, -0.05) is 42.5 Å². The fourth-order valence-electron chi connectivity index (χ4n) is 1.93. The summed E-state index contributed by atoms with van der Waals surface area (Å²) in [5.41, 5.74) is 1.77. The summed E-state index contributed by atoms with van der Waals surface area (Å²) in [5, 5.41) is 5.45. The molecule has 4 nitrogen and oxygen atoms in total. The Morgan fingerprint density at radius 3 is 2.30 bits per heavy atom. The van der Waals surface area contributed by atoms with Gasteiger partial charge in [-0.2, -0.15) is 0 Å². The molecule has 6 heteroatoms. The van der Waals surface area contributed by atoms with Gasteiger partial charge in [0.2, 0.25) is 0 Å². The van der Waals surface area contributed by atoms with Crippen LogP contribution in [-0.2, 0) is 13.1 Å². The maximum Gasteiger partial charge on any atom is 0.315 e. The van der Waals surface area contributed by atoms with Crippen LogP contribution >= 0.6 is 0 Å². The number of hydrogen-bond donors (Lipinski definition) is 2. The second-order valence-electron chi connectivity index (χ2n) is 4.87. The van der Waals surface area contributed by atoms with E-state index in [1.807, 2.05) is 30.3 Å². The third-order valence-electron chi connectivity index (χ3n) is 3.02. The molecule has 0 bridgehead atoms. The molecular formula is C17H18F2N2O2. The van der Waals surface area contributed by atoms with Crippen molar-refractivity contribution < 1.29 is 18.3 Å². The van der Waals surface area contributed by atoms with Gasteiger partial charge in [-0.3, -0.25) is 0 Å². The highest BCUT2D eigenvalue weighted by atomic mass is 19.3. The van der Waals surface area contributed by atoms with Crippen molar-refractivity contribution in [3.05, 3.63) is 65.7 Å². The smallest absolute Gasteiger partial charge is 0.315 e. The van der Waals surface area contributed by atoms with Crippen molar-refractivity contribution in [3.63, 3.8) is 0 Å². The van der Waals surface area contributed by atoms with Crippen molar-refractivity contribution in [1.82, 2.24) is 10.6 Å². The van der Waals surface area contributed by atoms with Gasteiger partial charge in [-0.05, 0) is 23.3 Å². The Balaban J connectivity index is 1.76. The lowest BCUT2D eigenvalue weighted by molar-refractivity contribution is 0.0818. The van der Waals surface area contributed by atoms with Crippen LogP contribution in [0.4, 0.5) is 13.6 Å². The molecule has 0 unspecified atom stereocenters. The van der Waals surface area contributed by atoms with E-state index < -0.39 is 13.0 Å². The Kier molecular flexibility index (Phi) is 6.35. The van der Waals surface area contributed by atoms with E-state index in [1.165, 1.54) is 0 Å². The van der Waals surface area contributed by atoms with Crippen LogP contribution in [0.3, 0.4) is 0 Å². The highest BCUT2D eigenvalue weighted by Gasteiger charge is 2.05. The zero-order valence-corrected chi connectivity index (χ0v) is 12.5. The monoisotopic (exact) mass is 320 g/mol. The first-order valence-corrected chi connectivity index (χ1v) is 7.19. The average molecular weight is 320 g/mol. The van der Waals surface area contributed by atoms with Crippen LogP contribution < -0.4 is 15.4 Å². The molecule has 0 atom stereocenters. The third-order valence-corrected chi connectivity index (χ3v) is 3.02. The molecule has 0 fully saturated rings. The second-order valence-corrected chi connectivity index (χ2v) is 4.87. The molecule has 23 heavy (non-hydrogen) atoms. The molecule has 0 radical (unpaired) electrons. The van der Waals surface area contributed by atoms with E-state index in [2.05, 4.69) is 10.6 Å². The molecule has 0 saturated carbocycles. The van der Waals surface area contributed by atoms with Crippen LogP contribution in [0, 0.1) is 0 Å². The van der Waals surface area contributed by atoms with Gasteiger partial charge in [-0.15, -0.1) is 0 Å². The van der Waals surface area contributed by atoms with Crippen molar-refractivity contribution in [2.75, 3.05) is 6.61 Å². The Labute approximate surface area is 133 Å². The van der Waals surface area contributed by atoms with E-state index in [0.717, 1.165) is 11.1 Å². The number of ether oxygens (including phenoxy) is 1. The number of carbonyl (C=O) groups is 1. The lowest BCUT2D eigenvalue weighted by Gasteiger charge is -2.10. The summed E-state index contributed by atoms with van der Waals surface area (Å²) in [6.45, 7) is 0.0746. The summed E-state index contributed by atoms with van der Waals surface area (Å²) >= 11 is 0. The quantitative estimate of drug-likeness (QED) is 0.822. The molecule has 2 aromatic carbocycles. The number of urea groups is 1. The van der Waals surface area contributed by atoms with Crippen LogP contribution in [0.5, 0.6) is 5.75 Å². The van der Waals surface area contributed by atoms with Crippen LogP contribution in [0.2, 0.25) is 0 Å². The zero-order valence-electron chi connectivity index (χ0n) is 12.5. The van der Waals surface area contributed by atoms with Gasteiger partial charge in [-0.25, -0.2) is 13.6 Å². The maximum atomic E-state index is 12.1. The number of benzene rings is 2. The standard InChI is InChI=1S/C17H18F2N2O2/c18-16(19)12-23-15-8-4-7-14(9-15)11-21-17(22)20-10-13-5-2-1-3-6-13/h1-9,16H,10-12H2,(H2,20,21,22). The lowest BCUT2D eigenvalue weighted by atomic mass is 10.2. The summed E-state index contributed by atoms with van der Waals surface area (Å²) in [4.78, 5) is 11.7. The molecule has 0 spiro atoms. The van der Waals surface area contributed by atoms with Crippen LogP contribution in [0.1, 0.15) is 11.1 Å². The predicted molar refractivity (Wildman–Crippen MR) is 83.5 cm³/mol. The first kappa shape index (κ1) is 16.7. The SMILES string of the molecule is O=C(NCc1ccccc1)NCc1cccc(OCC(F)F)c1. The Bertz CT molecular complexity index is 621. The fraction of sp³-hybridized carbons (Fsp3) is 0.235. The van der Waals surface area contributed by atoms with Gasteiger partial charge in [0.1, 0.15) is 12.4 Å². The van der Waals surface area contributed by atoms with Crippen LogP contribution in [0.15, 0.2) is 54.6 Å². The third kappa shape index (κ3) is 6.34. The van der Waals surface area contributed by atoms with Crippen molar-refractivity contribution in [1.29, 1.82) is 0 Å². The number of amides is 2. The lowest BCUT2D eigenvalue weighted by Crippen LogP contribution is -2.34. The molecule has 0 aliphatic heterocycles. The van der Waals surface area contributed by atoms with E-state index in [1.54, 1.807) is 24.3 Å². The molecule has 2 aromatic rings. The molecule has 0 saturated heterocycles. The minimum atomic E-state index is -2.51. The number of carbonyl (C=O) groups excluding carboxylic acids is 1. The molecule has 0 heterocycles. The first-order valence-electron chi connectivity index (χ1n) is 7.19. The molecule has 0 aliphatic carbocycles. The van der Waals surface area contributed by atoms with Gasteiger partial charge in [0.25, 0.3) is 6.43 Å². The number of alkyl halides is 2. The molecule has 2 N–H and O–H groups in total. The summed E-state index contributed by atoms with van der Waals surface area (Å²) in [6.07, 6.45) is -2.51. The average Bonchev–Trinajstić information content (AvgIpc) is 2.57. The van der Waals surface area contributed by atoms with Crippen molar-refractivity contribution in [2.45, 2.75) is 19.5 Å². The number of rotatable bonds is 7. The summed E-state index contributed by atoms with van der Waals surface area (Å²) in [7, 11) is 0. The summed E-state index contributed by atoms with van der Waals surface area (Å²) in [6, 6.07) is 16.0. The van der Waals surface area contributed by atoms with E-state index >= 15 is 0 Å². The molecular weight excluding hydrogens is 302 g/mol. The normalized spacial score (nSPS) is 10.4. The fourth-order valence-corrected chi connectivity index (χ4v) is 1.93. The highest BCUT2D eigenvalue weighted by Crippen LogP contribution is 2.14. The van der Waals surface area contributed by atoms with Gasteiger partial charge in [0, 0.05) is 13.1 Å². The van der Waals surface area contributed by atoms with Crippen molar-refractivity contribution in [3.8, 4) is 5.75 Å². The molecule has 2 amide bonds. The number of hydrogen-bond acceptors (Lipinski definition) is 2. The van der Waals surface area contributed by atoms with Gasteiger partial charge < -0.3 is 15.4 Å². The Morgan fingerprint density at radius 1 is 0.957 bits per heavy atom. The zero-order chi connectivity index (χ0) is 16.5.